The molecule has 1 aromatic rings. The first-order valence-corrected chi connectivity index (χ1v) is 6.24. The Morgan fingerprint density at radius 2 is 2.12 bits per heavy atom. The molecule has 0 aromatic heterocycles. The van der Waals surface area contributed by atoms with E-state index in [1.165, 1.54) is 12.1 Å². The minimum Gasteiger partial charge on any atom is -0.382 e. The van der Waals surface area contributed by atoms with Crippen molar-refractivity contribution in [2.75, 3.05) is 33.5 Å². The lowest BCUT2D eigenvalue weighted by atomic mass is 10.2. The minimum atomic E-state index is -0.233. The van der Waals surface area contributed by atoms with Gasteiger partial charge in [0, 0.05) is 24.7 Å². The van der Waals surface area contributed by atoms with E-state index in [1.807, 2.05) is 0 Å². The summed E-state index contributed by atoms with van der Waals surface area (Å²) >= 11 is 3.32. The maximum absolute atomic E-state index is 12.8. The molecule has 0 heterocycles. The zero-order valence-corrected chi connectivity index (χ0v) is 11.4. The highest BCUT2D eigenvalue weighted by molar-refractivity contribution is 9.10. The molecule has 17 heavy (non-hydrogen) atoms. The van der Waals surface area contributed by atoms with E-state index in [4.69, 9.17) is 9.47 Å². The predicted octanol–water partition coefficient (Wildman–Crippen LogP) is 2.34. The summed E-state index contributed by atoms with van der Waals surface area (Å²) in [6.45, 7) is 3.31. The number of rotatable bonds is 8. The van der Waals surface area contributed by atoms with Crippen molar-refractivity contribution < 1.29 is 13.9 Å². The van der Waals surface area contributed by atoms with E-state index in [9.17, 15) is 4.39 Å². The van der Waals surface area contributed by atoms with Gasteiger partial charge in [-0.1, -0.05) is 22.0 Å². The van der Waals surface area contributed by atoms with Gasteiger partial charge in [0.25, 0.3) is 0 Å². The van der Waals surface area contributed by atoms with Crippen LogP contribution in [0.15, 0.2) is 22.7 Å². The highest BCUT2D eigenvalue weighted by Gasteiger charge is 2.00. The molecule has 0 saturated heterocycles. The lowest BCUT2D eigenvalue weighted by Crippen LogP contribution is -2.20. The second-order valence-corrected chi connectivity index (χ2v) is 4.37. The number of benzene rings is 1. The third-order valence-corrected chi connectivity index (χ3v) is 2.92. The number of methoxy groups -OCH3 is 1. The van der Waals surface area contributed by atoms with Gasteiger partial charge in [0.15, 0.2) is 0 Å². The smallest absolute Gasteiger partial charge is 0.124 e. The van der Waals surface area contributed by atoms with Crippen LogP contribution in [0.5, 0.6) is 0 Å². The Morgan fingerprint density at radius 1 is 1.29 bits per heavy atom. The Labute approximate surface area is 109 Å². The molecule has 3 nitrogen and oxygen atoms in total. The van der Waals surface area contributed by atoms with Crippen LogP contribution in [0.25, 0.3) is 0 Å². The van der Waals surface area contributed by atoms with Crippen LogP contribution in [0.2, 0.25) is 0 Å². The van der Waals surface area contributed by atoms with E-state index in [2.05, 4.69) is 21.2 Å². The van der Waals surface area contributed by atoms with Crippen LogP contribution in [0.1, 0.15) is 5.56 Å². The van der Waals surface area contributed by atoms with E-state index >= 15 is 0 Å². The maximum Gasteiger partial charge on any atom is 0.124 e. The number of hydrogen-bond acceptors (Lipinski definition) is 3. The van der Waals surface area contributed by atoms with Crippen molar-refractivity contribution in [1.29, 1.82) is 0 Å². The third-order valence-electron chi connectivity index (χ3n) is 2.19. The van der Waals surface area contributed by atoms with Gasteiger partial charge in [0.2, 0.25) is 0 Å². The number of halogens is 2. The molecule has 0 aliphatic rings. The third kappa shape index (κ3) is 6.12. The van der Waals surface area contributed by atoms with Crippen molar-refractivity contribution in [2.24, 2.45) is 0 Å². The second-order valence-electron chi connectivity index (χ2n) is 3.52. The summed E-state index contributed by atoms with van der Waals surface area (Å²) in [5, 5.41) is 3.22. The average molecular weight is 306 g/mol. The summed E-state index contributed by atoms with van der Waals surface area (Å²) in [5.74, 6) is -0.233. The molecule has 0 radical (unpaired) electrons. The normalized spacial score (nSPS) is 10.8. The minimum absolute atomic E-state index is 0.233. The largest absolute Gasteiger partial charge is 0.382 e. The van der Waals surface area contributed by atoms with E-state index in [0.29, 0.717) is 26.4 Å². The monoisotopic (exact) mass is 305 g/mol. The number of ether oxygens (including phenoxy) is 2. The Bertz CT molecular complexity index is 336. The van der Waals surface area contributed by atoms with Gasteiger partial charge in [-0.2, -0.15) is 0 Å². The van der Waals surface area contributed by atoms with Crippen molar-refractivity contribution >= 4 is 15.9 Å². The van der Waals surface area contributed by atoms with Gasteiger partial charge in [0.1, 0.15) is 5.82 Å². The SMILES string of the molecule is COCCOCCNCc1ccc(F)cc1Br. The fourth-order valence-corrected chi connectivity index (χ4v) is 1.77. The molecule has 0 spiro atoms. The highest BCUT2D eigenvalue weighted by Crippen LogP contribution is 2.17. The summed E-state index contributed by atoms with van der Waals surface area (Å²) in [6, 6.07) is 4.68. The fraction of sp³-hybridized carbons (Fsp3) is 0.500. The maximum atomic E-state index is 12.8. The van der Waals surface area contributed by atoms with Gasteiger partial charge in [-0.05, 0) is 17.7 Å². The molecule has 0 atom stereocenters. The van der Waals surface area contributed by atoms with Crippen LogP contribution < -0.4 is 5.32 Å². The van der Waals surface area contributed by atoms with Gasteiger partial charge >= 0.3 is 0 Å². The highest BCUT2D eigenvalue weighted by atomic mass is 79.9. The summed E-state index contributed by atoms with van der Waals surface area (Å²) in [4.78, 5) is 0. The Balaban J connectivity index is 2.14. The molecule has 0 amide bonds. The van der Waals surface area contributed by atoms with Gasteiger partial charge in [-0.15, -0.1) is 0 Å². The first kappa shape index (κ1) is 14.6. The first-order valence-electron chi connectivity index (χ1n) is 5.45. The molecule has 1 N–H and O–H groups in total. The van der Waals surface area contributed by atoms with Gasteiger partial charge < -0.3 is 14.8 Å². The van der Waals surface area contributed by atoms with Crippen LogP contribution in [-0.2, 0) is 16.0 Å². The van der Waals surface area contributed by atoms with Crippen molar-refractivity contribution in [3.63, 3.8) is 0 Å². The van der Waals surface area contributed by atoms with Crippen LogP contribution >= 0.6 is 15.9 Å². The van der Waals surface area contributed by atoms with E-state index in [0.717, 1.165) is 16.6 Å². The summed E-state index contributed by atoms with van der Waals surface area (Å²) in [5.41, 5.74) is 1.03. The molecular formula is C12H17BrFNO2. The summed E-state index contributed by atoms with van der Waals surface area (Å²) in [6.07, 6.45) is 0. The van der Waals surface area contributed by atoms with E-state index in [1.54, 1.807) is 13.2 Å². The molecule has 0 unspecified atom stereocenters. The Kier molecular flexibility index (Phi) is 7.35. The molecule has 1 rings (SSSR count). The van der Waals surface area contributed by atoms with Crippen LogP contribution in [0, 0.1) is 5.82 Å². The zero-order valence-electron chi connectivity index (χ0n) is 9.84. The Hall–Kier alpha value is -0.490. The molecule has 0 aliphatic heterocycles. The second kappa shape index (κ2) is 8.58. The number of hydrogen-bond donors (Lipinski definition) is 1. The lowest BCUT2D eigenvalue weighted by Gasteiger charge is -2.07. The molecule has 0 saturated carbocycles. The molecule has 0 bridgehead atoms. The number of nitrogens with one attached hydrogen (secondary N) is 1. The molecule has 0 aliphatic carbocycles. The molecule has 1 aromatic carbocycles. The molecule has 0 fully saturated rings. The molecule has 96 valence electrons. The summed E-state index contributed by atoms with van der Waals surface area (Å²) < 4.78 is 23.8. The van der Waals surface area contributed by atoms with Crippen molar-refractivity contribution in [1.82, 2.24) is 5.32 Å². The topological polar surface area (TPSA) is 30.5 Å². The van der Waals surface area contributed by atoms with Crippen molar-refractivity contribution in [3.8, 4) is 0 Å². The Morgan fingerprint density at radius 3 is 2.82 bits per heavy atom. The predicted molar refractivity (Wildman–Crippen MR) is 68.5 cm³/mol. The van der Waals surface area contributed by atoms with Gasteiger partial charge in [0.05, 0.1) is 19.8 Å². The summed E-state index contributed by atoms with van der Waals surface area (Å²) in [7, 11) is 1.65. The first-order chi connectivity index (χ1) is 8.24. The van der Waals surface area contributed by atoms with Crippen LogP contribution in [0.3, 0.4) is 0 Å². The van der Waals surface area contributed by atoms with E-state index < -0.39 is 0 Å². The lowest BCUT2D eigenvalue weighted by molar-refractivity contribution is 0.0719. The van der Waals surface area contributed by atoms with Gasteiger partial charge in [-0.25, -0.2) is 4.39 Å². The van der Waals surface area contributed by atoms with Crippen molar-refractivity contribution in [2.45, 2.75) is 6.54 Å². The molecular weight excluding hydrogens is 289 g/mol. The van der Waals surface area contributed by atoms with Gasteiger partial charge in [-0.3, -0.25) is 0 Å². The van der Waals surface area contributed by atoms with Crippen molar-refractivity contribution in [3.05, 3.63) is 34.1 Å². The van der Waals surface area contributed by atoms with E-state index in [-0.39, 0.29) is 5.82 Å². The van der Waals surface area contributed by atoms with Crippen LogP contribution in [-0.4, -0.2) is 33.5 Å². The van der Waals surface area contributed by atoms with Crippen LogP contribution in [0.4, 0.5) is 4.39 Å². The molecule has 5 heteroatoms. The zero-order chi connectivity index (χ0) is 12.5. The average Bonchev–Trinajstić information content (AvgIpc) is 2.30. The fourth-order valence-electron chi connectivity index (χ4n) is 1.28. The quantitative estimate of drug-likeness (QED) is 0.748. The standard InChI is InChI=1S/C12H17BrFNO2/c1-16-6-7-17-5-4-15-9-10-2-3-11(14)8-12(10)13/h2-3,8,15H,4-7,9H2,1H3.